The molecule has 21 heavy (non-hydrogen) atoms. The molecule has 1 atom stereocenters. The van der Waals surface area contributed by atoms with Crippen LogP contribution in [0.2, 0.25) is 0 Å². The molecule has 1 N–H and O–H groups in total. The Morgan fingerprint density at radius 3 is 3.05 bits per heavy atom. The van der Waals surface area contributed by atoms with Crippen LogP contribution in [0.5, 0.6) is 5.75 Å². The first kappa shape index (κ1) is 13.6. The van der Waals surface area contributed by atoms with Crippen molar-refractivity contribution in [2.75, 3.05) is 13.1 Å². The lowest BCUT2D eigenvalue weighted by molar-refractivity contribution is 0.0659. The van der Waals surface area contributed by atoms with Crippen molar-refractivity contribution in [2.24, 2.45) is 5.92 Å². The number of carbonyl (C=O) groups excluding carboxylic acids is 1. The Labute approximate surface area is 123 Å². The van der Waals surface area contributed by atoms with E-state index < -0.39 is 0 Å². The summed E-state index contributed by atoms with van der Waals surface area (Å²) in [6.07, 6.45) is 10.4. The van der Waals surface area contributed by atoms with E-state index in [4.69, 9.17) is 0 Å². The standard InChI is InChI=1S/C15H18N4O2/c20-14-8-16-4-3-13(14)15(21)19-6-1-2-12(10-19)9-18-7-5-17-11-18/h3-5,7-8,11-12,20H,1-2,6,9-10H2. The molecule has 1 amide bonds. The molecule has 1 saturated heterocycles. The van der Waals surface area contributed by atoms with Crippen LogP contribution in [0.25, 0.3) is 0 Å². The van der Waals surface area contributed by atoms with Gasteiger partial charge in [0.2, 0.25) is 0 Å². The maximum absolute atomic E-state index is 12.5. The van der Waals surface area contributed by atoms with Crippen LogP contribution in [0.1, 0.15) is 23.2 Å². The molecule has 6 heteroatoms. The van der Waals surface area contributed by atoms with E-state index in [0.29, 0.717) is 18.0 Å². The van der Waals surface area contributed by atoms with Gasteiger partial charge in [0.05, 0.1) is 18.1 Å². The van der Waals surface area contributed by atoms with Crippen molar-refractivity contribution in [3.8, 4) is 5.75 Å². The van der Waals surface area contributed by atoms with Gasteiger partial charge in [-0.15, -0.1) is 0 Å². The van der Waals surface area contributed by atoms with Crippen molar-refractivity contribution >= 4 is 5.91 Å². The molecule has 2 aromatic rings. The molecule has 110 valence electrons. The smallest absolute Gasteiger partial charge is 0.257 e. The summed E-state index contributed by atoms with van der Waals surface area (Å²) in [6.45, 7) is 2.31. The van der Waals surface area contributed by atoms with Gasteiger partial charge in [-0.05, 0) is 24.8 Å². The van der Waals surface area contributed by atoms with Crippen molar-refractivity contribution in [3.63, 3.8) is 0 Å². The minimum atomic E-state index is -0.120. The average molecular weight is 286 g/mol. The number of piperidine rings is 1. The Morgan fingerprint density at radius 1 is 1.38 bits per heavy atom. The minimum absolute atomic E-state index is 0.0563. The van der Waals surface area contributed by atoms with E-state index in [1.54, 1.807) is 18.6 Å². The van der Waals surface area contributed by atoms with Gasteiger partial charge in [0.15, 0.2) is 0 Å². The summed E-state index contributed by atoms with van der Waals surface area (Å²) in [5.41, 5.74) is 0.327. The Bertz CT molecular complexity index is 612. The molecular weight excluding hydrogens is 268 g/mol. The maximum atomic E-state index is 12.5. The lowest BCUT2D eigenvalue weighted by atomic mass is 9.97. The summed E-state index contributed by atoms with van der Waals surface area (Å²) in [5, 5.41) is 9.76. The Morgan fingerprint density at radius 2 is 2.29 bits per heavy atom. The second kappa shape index (κ2) is 5.95. The predicted molar refractivity (Wildman–Crippen MR) is 76.8 cm³/mol. The van der Waals surface area contributed by atoms with Gasteiger partial charge in [-0.25, -0.2) is 4.98 Å². The molecule has 1 aliphatic rings. The highest BCUT2D eigenvalue weighted by Crippen LogP contribution is 2.23. The molecule has 2 aromatic heterocycles. The highest BCUT2D eigenvalue weighted by Gasteiger charge is 2.26. The molecule has 3 heterocycles. The number of carbonyl (C=O) groups is 1. The van der Waals surface area contributed by atoms with Gasteiger partial charge in [-0.2, -0.15) is 0 Å². The number of rotatable bonds is 3. The Hall–Kier alpha value is -2.37. The van der Waals surface area contributed by atoms with Crippen molar-refractivity contribution < 1.29 is 9.90 Å². The molecule has 3 rings (SSSR count). The Kier molecular flexibility index (Phi) is 3.85. The number of nitrogens with zero attached hydrogens (tertiary/aromatic N) is 4. The van der Waals surface area contributed by atoms with Gasteiger partial charge in [0, 0.05) is 38.2 Å². The molecule has 0 saturated carbocycles. The molecule has 1 aliphatic heterocycles. The summed E-state index contributed by atoms with van der Waals surface area (Å²) >= 11 is 0. The number of likely N-dealkylation sites (tertiary alicyclic amines) is 1. The normalized spacial score (nSPS) is 18.7. The number of aromatic hydroxyl groups is 1. The second-order valence-electron chi connectivity index (χ2n) is 5.41. The third-order valence-electron chi connectivity index (χ3n) is 3.86. The van der Waals surface area contributed by atoms with E-state index in [9.17, 15) is 9.90 Å². The fourth-order valence-corrected chi connectivity index (χ4v) is 2.83. The van der Waals surface area contributed by atoms with Crippen molar-refractivity contribution in [3.05, 3.63) is 42.7 Å². The van der Waals surface area contributed by atoms with E-state index in [1.165, 1.54) is 12.4 Å². The average Bonchev–Trinajstić information content (AvgIpc) is 3.00. The predicted octanol–water partition coefficient (Wildman–Crippen LogP) is 1.54. The molecule has 1 unspecified atom stereocenters. The number of hydrogen-bond donors (Lipinski definition) is 1. The van der Waals surface area contributed by atoms with Crippen molar-refractivity contribution in [2.45, 2.75) is 19.4 Å². The van der Waals surface area contributed by atoms with Gasteiger partial charge in [-0.3, -0.25) is 9.78 Å². The third-order valence-corrected chi connectivity index (χ3v) is 3.86. The monoisotopic (exact) mass is 286 g/mol. The SMILES string of the molecule is O=C(c1ccncc1O)N1CCCC(Cn2ccnc2)C1. The molecule has 0 aliphatic carbocycles. The van der Waals surface area contributed by atoms with Gasteiger partial charge in [-0.1, -0.05) is 0 Å². The highest BCUT2D eigenvalue weighted by atomic mass is 16.3. The molecule has 0 spiro atoms. The van der Waals surface area contributed by atoms with Gasteiger partial charge in [0.1, 0.15) is 5.75 Å². The lowest BCUT2D eigenvalue weighted by Gasteiger charge is -2.33. The quantitative estimate of drug-likeness (QED) is 0.929. The molecule has 0 bridgehead atoms. The van der Waals surface area contributed by atoms with E-state index in [1.807, 2.05) is 15.7 Å². The molecular formula is C15H18N4O2. The summed E-state index contributed by atoms with van der Waals surface area (Å²) in [5.74, 6) is 0.241. The first-order valence-electron chi connectivity index (χ1n) is 7.12. The fraction of sp³-hybridized carbons (Fsp3) is 0.400. The van der Waals surface area contributed by atoms with Crippen molar-refractivity contribution in [1.82, 2.24) is 19.4 Å². The second-order valence-corrected chi connectivity index (χ2v) is 5.41. The summed E-state index contributed by atoms with van der Waals surface area (Å²) in [6, 6.07) is 1.57. The van der Waals surface area contributed by atoms with Crippen LogP contribution >= 0.6 is 0 Å². The first-order valence-corrected chi connectivity index (χ1v) is 7.12. The van der Waals surface area contributed by atoms with Crippen LogP contribution in [0.4, 0.5) is 0 Å². The summed E-state index contributed by atoms with van der Waals surface area (Å²) in [4.78, 5) is 22.2. The van der Waals surface area contributed by atoms with Crippen LogP contribution in [0.3, 0.4) is 0 Å². The van der Waals surface area contributed by atoms with Crippen LogP contribution in [-0.4, -0.2) is 43.5 Å². The van der Waals surface area contributed by atoms with E-state index in [0.717, 1.165) is 25.9 Å². The number of aromatic nitrogens is 3. The largest absolute Gasteiger partial charge is 0.505 e. The van der Waals surface area contributed by atoms with Gasteiger partial charge in [0.25, 0.3) is 5.91 Å². The minimum Gasteiger partial charge on any atom is -0.505 e. The van der Waals surface area contributed by atoms with Crippen LogP contribution in [0, 0.1) is 5.92 Å². The summed E-state index contributed by atoms with van der Waals surface area (Å²) < 4.78 is 2.04. The van der Waals surface area contributed by atoms with E-state index >= 15 is 0 Å². The van der Waals surface area contributed by atoms with Crippen LogP contribution in [-0.2, 0) is 6.54 Å². The van der Waals surface area contributed by atoms with Crippen LogP contribution < -0.4 is 0 Å². The van der Waals surface area contributed by atoms with Crippen molar-refractivity contribution in [1.29, 1.82) is 0 Å². The third kappa shape index (κ3) is 3.04. The zero-order valence-corrected chi connectivity index (χ0v) is 11.7. The maximum Gasteiger partial charge on any atom is 0.257 e. The van der Waals surface area contributed by atoms with Gasteiger partial charge < -0.3 is 14.6 Å². The Balaban J connectivity index is 1.68. The summed E-state index contributed by atoms with van der Waals surface area (Å²) in [7, 11) is 0. The first-order chi connectivity index (χ1) is 10.2. The van der Waals surface area contributed by atoms with E-state index in [2.05, 4.69) is 9.97 Å². The molecule has 6 nitrogen and oxygen atoms in total. The van der Waals surface area contributed by atoms with Gasteiger partial charge >= 0.3 is 0 Å². The zero-order chi connectivity index (χ0) is 14.7. The molecule has 0 radical (unpaired) electrons. The topological polar surface area (TPSA) is 71.2 Å². The number of amides is 1. The fourth-order valence-electron chi connectivity index (χ4n) is 2.83. The van der Waals surface area contributed by atoms with Crippen LogP contribution in [0.15, 0.2) is 37.2 Å². The van der Waals surface area contributed by atoms with E-state index in [-0.39, 0.29) is 11.7 Å². The highest BCUT2D eigenvalue weighted by molar-refractivity contribution is 5.96. The number of imidazole rings is 1. The molecule has 0 aromatic carbocycles. The lowest BCUT2D eigenvalue weighted by Crippen LogP contribution is -2.41. The molecule has 1 fully saturated rings. The zero-order valence-electron chi connectivity index (χ0n) is 11.7. The number of pyridine rings is 1. The number of hydrogen-bond acceptors (Lipinski definition) is 4.